The Bertz CT molecular complexity index is 756. The standard InChI is InChI=1S/C13H18N4O3S/c14-12-13(17-8-4-3-7-11(17)15-12)21(19,20)16-9-5-1-2-6-10(9)18/h3-4,7-10,16,18H,1-2,5-6,14H2. The Hall–Kier alpha value is -1.64. The third kappa shape index (κ3) is 2.61. The summed E-state index contributed by atoms with van der Waals surface area (Å²) in [5.41, 5.74) is 6.24. The Morgan fingerprint density at radius 1 is 1.33 bits per heavy atom. The van der Waals surface area contributed by atoms with Gasteiger partial charge in [-0.2, -0.15) is 0 Å². The predicted octanol–water partition coefficient (Wildman–Crippen LogP) is 0.498. The van der Waals surface area contributed by atoms with E-state index in [2.05, 4.69) is 9.71 Å². The summed E-state index contributed by atoms with van der Waals surface area (Å²) in [6, 6.07) is 4.68. The molecule has 0 amide bonds. The van der Waals surface area contributed by atoms with E-state index in [1.807, 2.05) is 0 Å². The molecule has 1 fully saturated rings. The molecule has 2 unspecified atom stereocenters. The smallest absolute Gasteiger partial charge is 0.260 e. The minimum atomic E-state index is -3.84. The summed E-state index contributed by atoms with van der Waals surface area (Å²) < 4.78 is 29.2. The molecular formula is C13H18N4O3S. The molecule has 0 aromatic carbocycles. The summed E-state index contributed by atoms with van der Waals surface area (Å²) in [6.45, 7) is 0. The first-order valence-corrected chi connectivity index (χ1v) is 8.40. The fourth-order valence-electron chi connectivity index (χ4n) is 2.76. The Morgan fingerprint density at radius 2 is 2.10 bits per heavy atom. The first kappa shape index (κ1) is 14.3. The largest absolute Gasteiger partial charge is 0.391 e. The van der Waals surface area contributed by atoms with Gasteiger partial charge in [0, 0.05) is 12.2 Å². The lowest BCUT2D eigenvalue weighted by molar-refractivity contribution is 0.101. The van der Waals surface area contributed by atoms with Crippen molar-refractivity contribution < 1.29 is 13.5 Å². The molecule has 2 atom stereocenters. The quantitative estimate of drug-likeness (QED) is 0.764. The minimum absolute atomic E-state index is 0.0426. The molecule has 3 rings (SSSR count). The molecule has 21 heavy (non-hydrogen) atoms. The van der Waals surface area contributed by atoms with Crippen LogP contribution in [0.4, 0.5) is 5.82 Å². The number of nitrogen functional groups attached to an aromatic ring is 1. The van der Waals surface area contributed by atoms with Crippen LogP contribution in [0, 0.1) is 0 Å². The summed E-state index contributed by atoms with van der Waals surface area (Å²) in [5.74, 6) is -0.0426. The Morgan fingerprint density at radius 3 is 2.86 bits per heavy atom. The van der Waals surface area contributed by atoms with Gasteiger partial charge in [0.2, 0.25) is 0 Å². The van der Waals surface area contributed by atoms with Crippen LogP contribution in [0.3, 0.4) is 0 Å². The number of hydrogen-bond donors (Lipinski definition) is 3. The number of aliphatic hydroxyl groups excluding tert-OH is 1. The number of imidazole rings is 1. The van der Waals surface area contributed by atoms with Crippen molar-refractivity contribution >= 4 is 21.5 Å². The van der Waals surface area contributed by atoms with Crippen LogP contribution >= 0.6 is 0 Å². The highest BCUT2D eigenvalue weighted by Crippen LogP contribution is 2.23. The fourth-order valence-corrected chi connectivity index (χ4v) is 4.28. The van der Waals surface area contributed by atoms with E-state index in [0.29, 0.717) is 18.5 Å². The van der Waals surface area contributed by atoms with Gasteiger partial charge in [0.25, 0.3) is 10.0 Å². The van der Waals surface area contributed by atoms with E-state index < -0.39 is 22.2 Å². The number of anilines is 1. The van der Waals surface area contributed by atoms with Crippen molar-refractivity contribution in [2.75, 3.05) is 5.73 Å². The number of fused-ring (bicyclic) bond motifs is 1. The van der Waals surface area contributed by atoms with E-state index in [9.17, 15) is 13.5 Å². The van der Waals surface area contributed by atoms with Crippen LogP contribution in [-0.2, 0) is 10.0 Å². The number of nitrogens with one attached hydrogen (secondary N) is 1. The topological polar surface area (TPSA) is 110 Å². The highest BCUT2D eigenvalue weighted by Gasteiger charge is 2.31. The van der Waals surface area contributed by atoms with Crippen molar-refractivity contribution in [3.63, 3.8) is 0 Å². The third-order valence-corrected chi connectivity index (χ3v) is 5.33. The average Bonchev–Trinajstić information content (AvgIpc) is 2.77. The summed E-state index contributed by atoms with van der Waals surface area (Å²) in [5, 5.41) is 9.86. The van der Waals surface area contributed by atoms with E-state index in [-0.39, 0.29) is 10.8 Å². The lowest BCUT2D eigenvalue weighted by atomic mass is 9.93. The molecule has 0 aliphatic heterocycles. The zero-order chi connectivity index (χ0) is 15.0. The van der Waals surface area contributed by atoms with Crippen LogP contribution in [0.5, 0.6) is 0 Å². The molecule has 0 bridgehead atoms. The van der Waals surface area contributed by atoms with Crippen LogP contribution in [0.15, 0.2) is 29.4 Å². The summed E-state index contributed by atoms with van der Waals surface area (Å²) in [4.78, 5) is 4.05. The maximum Gasteiger partial charge on any atom is 0.260 e. The molecule has 114 valence electrons. The van der Waals surface area contributed by atoms with Crippen molar-refractivity contribution in [2.45, 2.75) is 42.9 Å². The molecule has 0 radical (unpaired) electrons. The SMILES string of the molecule is Nc1nc2ccccn2c1S(=O)(=O)NC1CCCCC1O. The fraction of sp³-hybridized carbons (Fsp3) is 0.462. The molecule has 0 saturated heterocycles. The van der Waals surface area contributed by atoms with Crippen molar-refractivity contribution in [3.05, 3.63) is 24.4 Å². The van der Waals surface area contributed by atoms with Crippen LogP contribution in [0.2, 0.25) is 0 Å². The van der Waals surface area contributed by atoms with E-state index in [4.69, 9.17) is 5.73 Å². The molecule has 7 nitrogen and oxygen atoms in total. The number of sulfonamides is 1. The molecular weight excluding hydrogens is 292 g/mol. The molecule has 1 saturated carbocycles. The van der Waals surface area contributed by atoms with Crippen LogP contribution in [0.1, 0.15) is 25.7 Å². The Labute approximate surface area is 122 Å². The van der Waals surface area contributed by atoms with E-state index in [0.717, 1.165) is 12.8 Å². The number of nitrogens with zero attached hydrogens (tertiary/aromatic N) is 2. The second kappa shape index (κ2) is 5.28. The molecule has 8 heteroatoms. The predicted molar refractivity (Wildman–Crippen MR) is 78.2 cm³/mol. The molecule has 1 aliphatic rings. The van der Waals surface area contributed by atoms with Crippen molar-refractivity contribution in [2.24, 2.45) is 0 Å². The zero-order valence-electron chi connectivity index (χ0n) is 11.4. The number of hydrogen-bond acceptors (Lipinski definition) is 5. The lowest BCUT2D eigenvalue weighted by Crippen LogP contribution is -2.45. The molecule has 1 aliphatic carbocycles. The number of aliphatic hydroxyl groups is 1. The first-order valence-electron chi connectivity index (χ1n) is 6.92. The van der Waals surface area contributed by atoms with Crippen LogP contribution in [-0.4, -0.2) is 35.1 Å². The number of pyridine rings is 1. The summed E-state index contributed by atoms with van der Waals surface area (Å²) in [6.07, 6.45) is 3.98. The summed E-state index contributed by atoms with van der Waals surface area (Å²) in [7, 11) is -3.84. The van der Waals surface area contributed by atoms with Gasteiger partial charge in [0.1, 0.15) is 5.65 Å². The maximum atomic E-state index is 12.6. The molecule has 2 heterocycles. The number of nitrogens with two attached hydrogens (primary N) is 1. The Kier molecular flexibility index (Phi) is 3.60. The van der Waals surface area contributed by atoms with Crippen molar-refractivity contribution in [3.8, 4) is 0 Å². The average molecular weight is 310 g/mol. The van der Waals surface area contributed by atoms with Gasteiger partial charge in [-0.3, -0.25) is 4.40 Å². The zero-order valence-corrected chi connectivity index (χ0v) is 12.3. The van der Waals surface area contributed by atoms with Gasteiger partial charge in [-0.05, 0) is 25.0 Å². The minimum Gasteiger partial charge on any atom is -0.391 e. The normalized spacial score (nSPS) is 23.5. The highest BCUT2D eigenvalue weighted by molar-refractivity contribution is 7.89. The third-order valence-electron chi connectivity index (χ3n) is 3.80. The monoisotopic (exact) mass is 310 g/mol. The lowest BCUT2D eigenvalue weighted by Gasteiger charge is -2.27. The molecule has 2 aromatic heterocycles. The molecule has 4 N–H and O–H groups in total. The van der Waals surface area contributed by atoms with Gasteiger partial charge in [-0.1, -0.05) is 18.9 Å². The van der Waals surface area contributed by atoms with Gasteiger partial charge >= 0.3 is 0 Å². The summed E-state index contributed by atoms with van der Waals surface area (Å²) >= 11 is 0. The van der Waals surface area contributed by atoms with Crippen molar-refractivity contribution in [1.29, 1.82) is 0 Å². The van der Waals surface area contributed by atoms with Gasteiger partial charge in [-0.15, -0.1) is 0 Å². The Balaban J connectivity index is 1.98. The van der Waals surface area contributed by atoms with E-state index in [1.165, 1.54) is 4.40 Å². The van der Waals surface area contributed by atoms with Crippen LogP contribution in [0.25, 0.3) is 5.65 Å². The van der Waals surface area contributed by atoms with Gasteiger partial charge in [0.05, 0.1) is 6.10 Å². The number of aromatic nitrogens is 2. The second-order valence-electron chi connectivity index (χ2n) is 5.31. The maximum absolute atomic E-state index is 12.6. The van der Waals surface area contributed by atoms with Crippen LogP contribution < -0.4 is 10.5 Å². The van der Waals surface area contributed by atoms with Gasteiger partial charge in [0.15, 0.2) is 10.8 Å². The van der Waals surface area contributed by atoms with Crippen molar-refractivity contribution in [1.82, 2.24) is 14.1 Å². The molecule has 0 spiro atoms. The second-order valence-corrected chi connectivity index (χ2v) is 6.94. The highest BCUT2D eigenvalue weighted by atomic mass is 32.2. The number of rotatable bonds is 3. The first-order chi connectivity index (χ1) is 9.99. The van der Waals surface area contributed by atoms with E-state index in [1.54, 1.807) is 24.4 Å². The molecule has 2 aromatic rings. The van der Waals surface area contributed by atoms with E-state index >= 15 is 0 Å². The van der Waals surface area contributed by atoms with Gasteiger partial charge in [-0.25, -0.2) is 18.1 Å². The van der Waals surface area contributed by atoms with Gasteiger partial charge < -0.3 is 10.8 Å².